The second-order valence-corrected chi connectivity index (χ2v) is 5.54. The van der Waals surface area contributed by atoms with Crippen LogP contribution in [0, 0.1) is 5.92 Å². The summed E-state index contributed by atoms with van der Waals surface area (Å²) >= 11 is 0. The Bertz CT molecular complexity index is 613. The van der Waals surface area contributed by atoms with Crippen molar-refractivity contribution in [2.24, 2.45) is 5.92 Å². The summed E-state index contributed by atoms with van der Waals surface area (Å²) in [6, 6.07) is 3.47. The number of aliphatic carboxylic acids is 1. The third kappa shape index (κ3) is 5.11. The standard InChI is InChI=1S/C15H19N3O6/c19-12(4-1-5-14(21)22)16-17-15(23)10-7-13(20)18(8-10)9-11-3-2-6-24-11/h2-3,6,10H,1,4-5,7-9H2,(H,16,19)(H,17,23)(H,21,22). The molecule has 1 saturated heterocycles. The van der Waals surface area contributed by atoms with Crippen molar-refractivity contribution >= 4 is 23.7 Å². The van der Waals surface area contributed by atoms with Gasteiger partial charge >= 0.3 is 5.97 Å². The van der Waals surface area contributed by atoms with Crippen LogP contribution in [0.5, 0.6) is 0 Å². The zero-order chi connectivity index (χ0) is 17.5. The van der Waals surface area contributed by atoms with Gasteiger partial charge in [-0.2, -0.15) is 0 Å². The maximum absolute atomic E-state index is 12.0. The first-order valence-electron chi connectivity index (χ1n) is 7.56. The molecule has 0 spiro atoms. The zero-order valence-corrected chi connectivity index (χ0v) is 13.0. The van der Waals surface area contributed by atoms with E-state index in [0.29, 0.717) is 12.3 Å². The molecule has 130 valence electrons. The summed E-state index contributed by atoms with van der Waals surface area (Å²) < 4.78 is 5.18. The molecule has 1 aliphatic rings. The van der Waals surface area contributed by atoms with Crippen molar-refractivity contribution in [3.63, 3.8) is 0 Å². The lowest BCUT2D eigenvalue weighted by Crippen LogP contribution is -2.45. The number of carbonyl (C=O) groups excluding carboxylic acids is 3. The maximum Gasteiger partial charge on any atom is 0.303 e. The van der Waals surface area contributed by atoms with E-state index in [1.54, 1.807) is 12.1 Å². The molecule has 2 heterocycles. The lowest BCUT2D eigenvalue weighted by molar-refractivity contribution is -0.137. The quantitative estimate of drug-likeness (QED) is 0.602. The van der Waals surface area contributed by atoms with Gasteiger partial charge in [-0.25, -0.2) is 0 Å². The zero-order valence-electron chi connectivity index (χ0n) is 13.0. The van der Waals surface area contributed by atoms with Crippen LogP contribution >= 0.6 is 0 Å². The van der Waals surface area contributed by atoms with E-state index in [-0.39, 0.29) is 38.1 Å². The number of carboxylic acid groups (broad SMARTS) is 1. The average Bonchev–Trinajstić information content (AvgIpc) is 3.15. The van der Waals surface area contributed by atoms with E-state index in [0.717, 1.165) is 0 Å². The number of amides is 3. The fourth-order valence-electron chi connectivity index (χ4n) is 2.39. The molecule has 0 aromatic carbocycles. The minimum absolute atomic E-state index is 0.000789. The average molecular weight is 337 g/mol. The number of nitrogens with zero attached hydrogens (tertiary/aromatic N) is 1. The first kappa shape index (κ1) is 17.5. The van der Waals surface area contributed by atoms with Crippen LogP contribution < -0.4 is 10.9 Å². The third-order valence-electron chi connectivity index (χ3n) is 3.63. The van der Waals surface area contributed by atoms with Crippen molar-refractivity contribution in [2.75, 3.05) is 6.54 Å². The Balaban J connectivity index is 1.72. The normalized spacial score (nSPS) is 16.9. The van der Waals surface area contributed by atoms with Crippen molar-refractivity contribution < 1.29 is 28.7 Å². The minimum Gasteiger partial charge on any atom is -0.481 e. The topological polar surface area (TPSA) is 129 Å². The molecular weight excluding hydrogens is 318 g/mol. The van der Waals surface area contributed by atoms with Crippen molar-refractivity contribution in [1.29, 1.82) is 0 Å². The Morgan fingerprint density at radius 3 is 2.75 bits per heavy atom. The number of rotatable bonds is 7. The lowest BCUT2D eigenvalue weighted by Gasteiger charge is -2.15. The number of furan rings is 1. The van der Waals surface area contributed by atoms with Crippen LogP contribution in [0.2, 0.25) is 0 Å². The number of carboxylic acids is 1. The van der Waals surface area contributed by atoms with E-state index in [4.69, 9.17) is 9.52 Å². The van der Waals surface area contributed by atoms with Gasteiger partial charge in [0.05, 0.1) is 18.7 Å². The Morgan fingerprint density at radius 1 is 1.29 bits per heavy atom. The second-order valence-electron chi connectivity index (χ2n) is 5.54. The predicted octanol–water partition coefficient (Wildman–Crippen LogP) is 0.0304. The molecule has 1 fully saturated rings. The van der Waals surface area contributed by atoms with Gasteiger partial charge in [-0.05, 0) is 18.6 Å². The van der Waals surface area contributed by atoms with Crippen LogP contribution in [-0.4, -0.2) is 40.2 Å². The van der Waals surface area contributed by atoms with Gasteiger partial charge in [0.1, 0.15) is 5.76 Å². The fraction of sp³-hybridized carbons (Fsp3) is 0.467. The van der Waals surface area contributed by atoms with Crippen LogP contribution in [0.15, 0.2) is 22.8 Å². The molecular formula is C15H19N3O6. The lowest BCUT2D eigenvalue weighted by atomic mass is 10.1. The van der Waals surface area contributed by atoms with Crippen molar-refractivity contribution in [3.05, 3.63) is 24.2 Å². The summed E-state index contributed by atoms with van der Waals surface area (Å²) in [7, 11) is 0. The van der Waals surface area contributed by atoms with E-state index in [1.807, 2.05) is 0 Å². The Hall–Kier alpha value is -2.84. The Labute approximate surface area is 138 Å². The summed E-state index contributed by atoms with van der Waals surface area (Å²) in [6.07, 6.45) is 1.66. The number of hydrogen-bond acceptors (Lipinski definition) is 5. The van der Waals surface area contributed by atoms with Gasteiger partial charge in [0.2, 0.25) is 17.7 Å². The van der Waals surface area contributed by atoms with Gasteiger partial charge in [0, 0.05) is 25.8 Å². The molecule has 3 amide bonds. The molecule has 1 aromatic heterocycles. The SMILES string of the molecule is O=C(O)CCCC(=O)NNC(=O)C1CC(=O)N(Cc2ccco2)C1. The van der Waals surface area contributed by atoms with E-state index in [1.165, 1.54) is 11.2 Å². The summed E-state index contributed by atoms with van der Waals surface area (Å²) in [6.45, 7) is 0.553. The highest BCUT2D eigenvalue weighted by Crippen LogP contribution is 2.20. The molecule has 1 unspecified atom stereocenters. The highest BCUT2D eigenvalue weighted by molar-refractivity contribution is 5.90. The van der Waals surface area contributed by atoms with Crippen LogP contribution in [0.4, 0.5) is 0 Å². The molecule has 0 saturated carbocycles. The van der Waals surface area contributed by atoms with Crippen LogP contribution in [-0.2, 0) is 25.7 Å². The first-order chi connectivity index (χ1) is 11.5. The van der Waals surface area contributed by atoms with Gasteiger partial charge in [-0.1, -0.05) is 0 Å². The largest absolute Gasteiger partial charge is 0.481 e. The molecule has 1 aromatic rings. The smallest absolute Gasteiger partial charge is 0.303 e. The Morgan fingerprint density at radius 2 is 2.08 bits per heavy atom. The molecule has 9 nitrogen and oxygen atoms in total. The second kappa shape index (κ2) is 8.14. The molecule has 0 aliphatic carbocycles. The first-order valence-corrected chi connectivity index (χ1v) is 7.56. The van der Waals surface area contributed by atoms with Gasteiger partial charge < -0.3 is 14.4 Å². The van der Waals surface area contributed by atoms with Gasteiger partial charge in [0.15, 0.2) is 0 Å². The van der Waals surface area contributed by atoms with Gasteiger partial charge in [-0.3, -0.25) is 30.0 Å². The van der Waals surface area contributed by atoms with E-state index >= 15 is 0 Å². The predicted molar refractivity (Wildman–Crippen MR) is 80.0 cm³/mol. The van der Waals surface area contributed by atoms with Crippen LogP contribution in [0.25, 0.3) is 0 Å². The van der Waals surface area contributed by atoms with Gasteiger partial charge in [0.25, 0.3) is 0 Å². The molecule has 0 radical (unpaired) electrons. The molecule has 1 aliphatic heterocycles. The molecule has 2 rings (SSSR count). The van der Waals surface area contributed by atoms with Crippen molar-refractivity contribution in [2.45, 2.75) is 32.2 Å². The summed E-state index contributed by atoms with van der Waals surface area (Å²) in [4.78, 5) is 47.3. The number of hydrazine groups is 1. The van der Waals surface area contributed by atoms with Gasteiger partial charge in [-0.15, -0.1) is 0 Å². The van der Waals surface area contributed by atoms with E-state index in [2.05, 4.69) is 10.9 Å². The van der Waals surface area contributed by atoms with E-state index in [9.17, 15) is 19.2 Å². The van der Waals surface area contributed by atoms with Crippen LogP contribution in [0.1, 0.15) is 31.4 Å². The molecule has 1 atom stereocenters. The monoisotopic (exact) mass is 337 g/mol. The van der Waals surface area contributed by atoms with Crippen molar-refractivity contribution in [3.8, 4) is 0 Å². The molecule has 9 heteroatoms. The highest BCUT2D eigenvalue weighted by Gasteiger charge is 2.34. The number of nitrogens with one attached hydrogen (secondary N) is 2. The summed E-state index contributed by atoms with van der Waals surface area (Å²) in [5.41, 5.74) is 4.50. The third-order valence-corrected chi connectivity index (χ3v) is 3.63. The fourth-order valence-corrected chi connectivity index (χ4v) is 2.39. The van der Waals surface area contributed by atoms with Crippen LogP contribution in [0.3, 0.4) is 0 Å². The number of carbonyl (C=O) groups is 4. The number of likely N-dealkylation sites (tertiary alicyclic amines) is 1. The van der Waals surface area contributed by atoms with E-state index < -0.39 is 23.7 Å². The number of hydrogen-bond donors (Lipinski definition) is 3. The summed E-state index contributed by atoms with van der Waals surface area (Å²) in [5, 5.41) is 8.48. The molecule has 0 bridgehead atoms. The maximum atomic E-state index is 12.0. The van der Waals surface area contributed by atoms with Crippen molar-refractivity contribution in [1.82, 2.24) is 15.8 Å². The Kier molecular flexibility index (Phi) is 5.94. The summed E-state index contributed by atoms with van der Waals surface area (Å²) in [5.74, 6) is -1.96. The minimum atomic E-state index is -0.979. The molecule has 24 heavy (non-hydrogen) atoms. The molecule has 3 N–H and O–H groups in total. The highest BCUT2D eigenvalue weighted by atomic mass is 16.4.